The summed E-state index contributed by atoms with van der Waals surface area (Å²) in [6, 6.07) is 7.10. The SMILES string of the molecule is C=CCOCCC(CCC(C)(C)c1ccc(O)cc1)C(=O)O. The molecule has 1 unspecified atom stereocenters. The molecule has 0 amide bonds. The second-order valence-electron chi connectivity index (χ2n) is 6.16. The maximum Gasteiger partial charge on any atom is 0.306 e. The zero-order valence-corrected chi connectivity index (χ0v) is 13.4. The van der Waals surface area contributed by atoms with Gasteiger partial charge in [-0.2, -0.15) is 0 Å². The van der Waals surface area contributed by atoms with E-state index >= 15 is 0 Å². The predicted molar refractivity (Wildman–Crippen MR) is 87.1 cm³/mol. The monoisotopic (exact) mass is 306 g/mol. The van der Waals surface area contributed by atoms with E-state index in [0.717, 1.165) is 12.0 Å². The summed E-state index contributed by atoms with van der Waals surface area (Å²) in [5.41, 5.74) is 0.959. The van der Waals surface area contributed by atoms with Crippen LogP contribution >= 0.6 is 0 Å². The van der Waals surface area contributed by atoms with E-state index in [4.69, 9.17) is 4.74 Å². The van der Waals surface area contributed by atoms with E-state index in [1.54, 1.807) is 18.2 Å². The molecule has 0 bridgehead atoms. The number of carboxylic acids is 1. The van der Waals surface area contributed by atoms with Gasteiger partial charge in [0, 0.05) is 6.61 Å². The van der Waals surface area contributed by atoms with Crippen LogP contribution in [0.5, 0.6) is 5.75 Å². The Bertz CT molecular complexity index is 476. The molecule has 0 aliphatic rings. The number of aliphatic carboxylic acids is 1. The molecule has 0 saturated heterocycles. The number of ether oxygens (including phenoxy) is 1. The smallest absolute Gasteiger partial charge is 0.306 e. The largest absolute Gasteiger partial charge is 0.508 e. The van der Waals surface area contributed by atoms with Gasteiger partial charge in [0.25, 0.3) is 0 Å². The van der Waals surface area contributed by atoms with Crippen LogP contribution in [-0.2, 0) is 14.9 Å². The number of hydrogen-bond acceptors (Lipinski definition) is 3. The lowest BCUT2D eigenvalue weighted by atomic mass is 9.78. The van der Waals surface area contributed by atoms with E-state index in [-0.39, 0.29) is 11.2 Å². The van der Waals surface area contributed by atoms with Gasteiger partial charge in [0.1, 0.15) is 5.75 Å². The summed E-state index contributed by atoms with van der Waals surface area (Å²) < 4.78 is 5.28. The quantitative estimate of drug-likeness (QED) is 0.510. The van der Waals surface area contributed by atoms with Crippen molar-refractivity contribution >= 4 is 5.97 Å². The molecule has 122 valence electrons. The van der Waals surface area contributed by atoms with Crippen LogP contribution in [0.15, 0.2) is 36.9 Å². The van der Waals surface area contributed by atoms with Crippen molar-refractivity contribution in [1.82, 2.24) is 0 Å². The first-order valence-corrected chi connectivity index (χ1v) is 7.58. The van der Waals surface area contributed by atoms with Crippen molar-refractivity contribution in [2.75, 3.05) is 13.2 Å². The van der Waals surface area contributed by atoms with E-state index < -0.39 is 11.9 Å². The van der Waals surface area contributed by atoms with E-state index in [9.17, 15) is 15.0 Å². The number of phenols is 1. The Labute approximate surface area is 132 Å². The highest BCUT2D eigenvalue weighted by Gasteiger charge is 2.25. The van der Waals surface area contributed by atoms with Gasteiger partial charge < -0.3 is 14.9 Å². The summed E-state index contributed by atoms with van der Waals surface area (Å²) in [6.45, 7) is 8.62. The molecule has 0 heterocycles. The van der Waals surface area contributed by atoms with Crippen molar-refractivity contribution < 1.29 is 19.7 Å². The van der Waals surface area contributed by atoms with Gasteiger partial charge in [-0.05, 0) is 42.4 Å². The van der Waals surface area contributed by atoms with Crippen molar-refractivity contribution in [2.24, 2.45) is 5.92 Å². The molecular weight excluding hydrogens is 280 g/mol. The average Bonchev–Trinajstić information content (AvgIpc) is 2.46. The fourth-order valence-electron chi connectivity index (χ4n) is 2.38. The molecule has 4 nitrogen and oxygen atoms in total. The Balaban J connectivity index is 2.57. The van der Waals surface area contributed by atoms with E-state index in [0.29, 0.717) is 26.1 Å². The summed E-state index contributed by atoms with van der Waals surface area (Å²) in [5.74, 6) is -0.938. The van der Waals surface area contributed by atoms with Gasteiger partial charge in [-0.1, -0.05) is 32.1 Å². The third-order valence-electron chi connectivity index (χ3n) is 3.96. The molecule has 4 heteroatoms. The Morgan fingerprint density at radius 3 is 2.50 bits per heavy atom. The molecule has 0 aliphatic heterocycles. The highest BCUT2D eigenvalue weighted by atomic mass is 16.5. The Hall–Kier alpha value is -1.81. The second-order valence-corrected chi connectivity index (χ2v) is 6.16. The molecule has 0 radical (unpaired) electrons. The van der Waals surface area contributed by atoms with Crippen LogP contribution in [0.4, 0.5) is 0 Å². The Kier molecular flexibility index (Phi) is 7.12. The van der Waals surface area contributed by atoms with Gasteiger partial charge in [-0.3, -0.25) is 4.79 Å². The zero-order valence-electron chi connectivity index (χ0n) is 13.4. The first-order chi connectivity index (χ1) is 10.4. The normalized spacial score (nSPS) is 12.8. The molecule has 2 N–H and O–H groups in total. The Morgan fingerprint density at radius 2 is 1.95 bits per heavy atom. The molecule has 0 fully saturated rings. The number of phenolic OH excluding ortho intramolecular Hbond substituents is 1. The summed E-state index contributed by atoms with van der Waals surface area (Å²) in [4.78, 5) is 11.4. The third-order valence-corrected chi connectivity index (χ3v) is 3.96. The van der Waals surface area contributed by atoms with Crippen LogP contribution in [0, 0.1) is 5.92 Å². The number of rotatable bonds is 10. The van der Waals surface area contributed by atoms with Crippen molar-refractivity contribution in [3.63, 3.8) is 0 Å². The van der Waals surface area contributed by atoms with Gasteiger partial charge in [0.2, 0.25) is 0 Å². The molecule has 0 aliphatic carbocycles. The highest BCUT2D eigenvalue weighted by molar-refractivity contribution is 5.69. The van der Waals surface area contributed by atoms with Crippen LogP contribution in [0.3, 0.4) is 0 Å². The van der Waals surface area contributed by atoms with Gasteiger partial charge >= 0.3 is 5.97 Å². The fourth-order valence-corrected chi connectivity index (χ4v) is 2.38. The van der Waals surface area contributed by atoms with E-state index in [1.165, 1.54) is 0 Å². The molecule has 1 atom stereocenters. The molecule has 22 heavy (non-hydrogen) atoms. The Morgan fingerprint density at radius 1 is 1.32 bits per heavy atom. The van der Waals surface area contributed by atoms with Gasteiger partial charge in [0.15, 0.2) is 0 Å². The van der Waals surface area contributed by atoms with Crippen LogP contribution < -0.4 is 0 Å². The van der Waals surface area contributed by atoms with Gasteiger partial charge in [-0.15, -0.1) is 6.58 Å². The first-order valence-electron chi connectivity index (χ1n) is 7.58. The van der Waals surface area contributed by atoms with E-state index in [1.807, 2.05) is 12.1 Å². The summed E-state index contributed by atoms with van der Waals surface area (Å²) in [5, 5.41) is 18.7. The molecule has 1 rings (SSSR count). The minimum absolute atomic E-state index is 0.136. The summed E-state index contributed by atoms with van der Waals surface area (Å²) in [6.07, 6.45) is 3.52. The van der Waals surface area contributed by atoms with Crippen molar-refractivity contribution in [3.05, 3.63) is 42.5 Å². The summed E-state index contributed by atoms with van der Waals surface area (Å²) >= 11 is 0. The second kappa shape index (κ2) is 8.59. The van der Waals surface area contributed by atoms with Crippen LogP contribution in [0.1, 0.15) is 38.7 Å². The molecular formula is C18H26O4. The van der Waals surface area contributed by atoms with Gasteiger partial charge in [-0.25, -0.2) is 0 Å². The van der Waals surface area contributed by atoms with Gasteiger partial charge in [0.05, 0.1) is 12.5 Å². The van der Waals surface area contributed by atoms with Crippen molar-refractivity contribution in [2.45, 2.75) is 38.5 Å². The van der Waals surface area contributed by atoms with E-state index in [2.05, 4.69) is 20.4 Å². The lowest BCUT2D eigenvalue weighted by Gasteiger charge is -2.27. The number of hydrogen-bond donors (Lipinski definition) is 2. The van der Waals surface area contributed by atoms with Crippen LogP contribution in [0.25, 0.3) is 0 Å². The molecule has 1 aromatic rings. The first kappa shape index (κ1) is 18.2. The minimum atomic E-state index is -0.774. The fraction of sp³-hybridized carbons (Fsp3) is 0.500. The lowest BCUT2D eigenvalue weighted by molar-refractivity contribution is -0.142. The summed E-state index contributed by atoms with van der Waals surface area (Å²) in [7, 11) is 0. The van der Waals surface area contributed by atoms with Crippen molar-refractivity contribution in [1.29, 1.82) is 0 Å². The molecule has 0 aromatic heterocycles. The maximum absolute atomic E-state index is 11.4. The lowest BCUT2D eigenvalue weighted by Crippen LogP contribution is -2.22. The molecule has 0 saturated carbocycles. The van der Waals surface area contributed by atoms with Crippen LogP contribution in [-0.4, -0.2) is 29.4 Å². The molecule has 1 aromatic carbocycles. The number of carbonyl (C=O) groups is 1. The minimum Gasteiger partial charge on any atom is -0.508 e. The number of aromatic hydroxyl groups is 1. The standard InChI is InChI=1S/C18H26O4/c1-4-12-22-13-10-14(17(20)21)9-11-18(2,3)15-5-7-16(19)8-6-15/h4-8,14,19H,1,9-13H2,2-3H3,(H,20,21). The number of benzene rings is 1. The predicted octanol–water partition coefficient (Wildman–Crippen LogP) is 3.74. The van der Waals surface area contributed by atoms with Crippen LogP contribution in [0.2, 0.25) is 0 Å². The average molecular weight is 306 g/mol. The maximum atomic E-state index is 11.4. The third kappa shape index (κ3) is 5.90. The zero-order chi connectivity index (χ0) is 16.6. The van der Waals surface area contributed by atoms with Crippen molar-refractivity contribution in [3.8, 4) is 5.75 Å². The topological polar surface area (TPSA) is 66.8 Å². The highest BCUT2D eigenvalue weighted by Crippen LogP contribution is 2.31. The number of carboxylic acid groups (broad SMARTS) is 1. The molecule has 0 spiro atoms.